The van der Waals surface area contributed by atoms with Crippen LogP contribution in [0.15, 0.2) is 11.6 Å². The van der Waals surface area contributed by atoms with Crippen LogP contribution in [0.5, 0.6) is 0 Å². The normalized spacial score (nSPS) is 56.2. The number of aliphatic hydroxyl groups excluding tert-OH is 2. The predicted molar refractivity (Wildman–Crippen MR) is 132 cm³/mol. The quantitative estimate of drug-likeness (QED) is 0.391. The fraction of sp³-hybridized carbons (Fsp3) is 0.933. The highest BCUT2D eigenvalue weighted by atomic mass is 16.3. The van der Waals surface area contributed by atoms with E-state index in [4.69, 9.17) is 0 Å². The van der Waals surface area contributed by atoms with Crippen LogP contribution in [0.1, 0.15) is 113 Å². The van der Waals surface area contributed by atoms with Gasteiger partial charge in [-0.25, -0.2) is 0 Å². The Hall–Kier alpha value is -0.340. The van der Waals surface area contributed by atoms with Crippen molar-refractivity contribution in [2.75, 3.05) is 0 Å². The molecule has 0 radical (unpaired) electrons. The van der Waals surface area contributed by atoms with Crippen LogP contribution < -0.4 is 0 Å². The highest BCUT2D eigenvalue weighted by Crippen LogP contribution is 2.75. The minimum Gasteiger partial charge on any atom is -0.390 e. The summed E-state index contributed by atoms with van der Waals surface area (Å²) < 4.78 is 0. The van der Waals surface area contributed by atoms with Crippen LogP contribution in [0.3, 0.4) is 0 Å². The molecule has 32 heavy (non-hydrogen) atoms. The molecule has 9 unspecified atom stereocenters. The summed E-state index contributed by atoms with van der Waals surface area (Å²) >= 11 is 0. The third-order valence-corrected chi connectivity index (χ3v) is 13.0. The van der Waals surface area contributed by atoms with Crippen molar-refractivity contribution < 1.29 is 10.2 Å². The van der Waals surface area contributed by atoms with Crippen LogP contribution in [-0.2, 0) is 0 Å². The Balaban J connectivity index is 1.58. The van der Waals surface area contributed by atoms with Crippen molar-refractivity contribution in [3.63, 3.8) is 0 Å². The maximum Gasteiger partial charge on any atom is 0.0852 e. The lowest BCUT2D eigenvalue weighted by molar-refractivity contribution is -0.231. The molecule has 4 saturated carbocycles. The lowest BCUT2D eigenvalue weighted by Crippen LogP contribution is -2.66. The lowest BCUT2D eigenvalue weighted by Gasteiger charge is -2.71. The van der Waals surface area contributed by atoms with Crippen molar-refractivity contribution >= 4 is 0 Å². The molecule has 5 aliphatic carbocycles. The number of aliphatic hydroxyl groups is 2. The number of hydrogen-bond acceptors (Lipinski definition) is 2. The predicted octanol–water partition coefficient (Wildman–Crippen LogP) is 7.14. The molecule has 0 aromatic carbocycles. The van der Waals surface area contributed by atoms with Gasteiger partial charge in [0.1, 0.15) is 0 Å². The first kappa shape index (κ1) is 23.4. The van der Waals surface area contributed by atoms with Crippen molar-refractivity contribution in [2.24, 2.45) is 50.2 Å². The molecule has 5 rings (SSSR count). The Bertz CT molecular complexity index is 825. The van der Waals surface area contributed by atoms with Gasteiger partial charge in [-0.05, 0) is 108 Å². The molecule has 0 aromatic heterocycles. The molecule has 182 valence electrons. The van der Waals surface area contributed by atoms with Gasteiger partial charge in [0.05, 0.1) is 12.2 Å². The molecular formula is C30H50O2. The van der Waals surface area contributed by atoms with Gasteiger partial charge in [-0.3, -0.25) is 0 Å². The molecule has 2 N–H and O–H groups in total. The molecule has 0 saturated heterocycles. The average molecular weight is 443 g/mol. The van der Waals surface area contributed by atoms with E-state index in [9.17, 15) is 10.2 Å². The second-order valence-corrected chi connectivity index (χ2v) is 15.4. The van der Waals surface area contributed by atoms with Gasteiger partial charge >= 0.3 is 0 Å². The zero-order valence-corrected chi connectivity index (χ0v) is 22.2. The maximum absolute atomic E-state index is 11.0. The summed E-state index contributed by atoms with van der Waals surface area (Å²) in [4.78, 5) is 0. The molecule has 9 atom stereocenters. The minimum absolute atomic E-state index is 0.0901. The van der Waals surface area contributed by atoms with Gasteiger partial charge in [0.25, 0.3) is 0 Å². The molecular weight excluding hydrogens is 392 g/mol. The van der Waals surface area contributed by atoms with E-state index in [0.29, 0.717) is 22.7 Å². The Labute approximate surface area is 197 Å². The van der Waals surface area contributed by atoms with E-state index in [1.807, 2.05) is 5.57 Å². The number of fused-ring (bicyclic) bond motifs is 7. The molecule has 2 heteroatoms. The average Bonchev–Trinajstić information content (AvgIpc) is 2.68. The first-order valence-corrected chi connectivity index (χ1v) is 13.7. The zero-order chi connectivity index (χ0) is 23.5. The number of allylic oxidation sites excluding steroid dienone is 2. The minimum atomic E-state index is -0.602. The van der Waals surface area contributed by atoms with E-state index in [-0.39, 0.29) is 21.7 Å². The van der Waals surface area contributed by atoms with E-state index in [0.717, 1.165) is 12.3 Å². The first-order valence-electron chi connectivity index (χ1n) is 13.7. The van der Waals surface area contributed by atoms with Crippen molar-refractivity contribution in [3.8, 4) is 0 Å². The van der Waals surface area contributed by atoms with Crippen LogP contribution in [0, 0.1) is 50.2 Å². The third-order valence-electron chi connectivity index (χ3n) is 13.0. The van der Waals surface area contributed by atoms with Gasteiger partial charge in [-0.15, -0.1) is 0 Å². The standard InChI is InChI=1S/C30H50O2/c1-25(2)13-14-27(5)15-16-29(7)19(20(27)17-25)9-10-23-28(6)18-21(31)24(32)26(3,4)22(28)11-12-30(23,29)8/h9,20-24,31-32H,10-18H2,1-8H3. The van der Waals surface area contributed by atoms with Crippen LogP contribution in [-0.4, -0.2) is 22.4 Å². The molecule has 0 heterocycles. The topological polar surface area (TPSA) is 40.5 Å². The second kappa shape index (κ2) is 6.66. The Morgan fingerprint density at radius 3 is 2.12 bits per heavy atom. The van der Waals surface area contributed by atoms with E-state index in [1.54, 1.807) is 0 Å². The highest BCUT2D eigenvalue weighted by Gasteiger charge is 2.68. The number of rotatable bonds is 0. The van der Waals surface area contributed by atoms with Crippen LogP contribution in [0.25, 0.3) is 0 Å². The summed E-state index contributed by atoms with van der Waals surface area (Å²) in [6, 6.07) is 0. The summed E-state index contributed by atoms with van der Waals surface area (Å²) in [6.45, 7) is 19.8. The largest absolute Gasteiger partial charge is 0.390 e. The van der Waals surface area contributed by atoms with E-state index in [1.165, 1.54) is 51.4 Å². The summed E-state index contributed by atoms with van der Waals surface area (Å²) in [7, 11) is 0. The van der Waals surface area contributed by atoms with Crippen molar-refractivity contribution in [1.82, 2.24) is 0 Å². The van der Waals surface area contributed by atoms with E-state index in [2.05, 4.69) is 61.5 Å². The van der Waals surface area contributed by atoms with Gasteiger partial charge in [0.15, 0.2) is 0 Å². The van der Waals surface area contributed by atoms with Crippen molar-refractivity contribution in [1.29, 1.82) is 0 Å². The Morgan fingerprint density at radius 2 is 1.44 bits per heavy atom. The smallest absolute Gasteiger partial charge is 0.0852 e. The van der Waals surface area contributed by atoms with E-state index < -0.39 is 12.2 Å². The summed E-state index contributed by atoms with van der Waals surface area (Å²) in [5, 5.41) is 21.9. The molecule has 4 fully saturated rings. The highest BCUT2D eigenvalue weighted by molar-refractivity contribution is 5.33. The molecule has 5 aliphatic rings. The maximum atomic E-state index is 11.0. The molecule has 0 amide bonds. The molecule has 0 spiro atoms. The van der Waals surface area contributed by atoms with Crippen molar-refractivity contribution in [2.45, 2.75) is 125 Å². The molecule has 0 bridgehead atoms. The van der Waals surface area contributed by atoms with Gasteiger partial charge < -0.3 is 10.2 Å². The summed E-state index contributed by atoms with van der Waals surface area (Å²) in [6.07, 6.45) is 12.7. The van der Waals surface area contributed by atoms with Gasteiger partial charge in [-0.2, -0.15) is 0 Å². The van der Waals surface area contributed by atoms with Crippen LogP contribution in [0.4, 0.5) is 0 Å². The van der Waals surface area contributed by atoms with Gasteiger partial charge in [0, 0.05) is 0 Å². The Kier molecular flexibility index (Phi) is 4.87. The van der Waals surface area contributed by atoms with Gasteiger partial charge in [-0.1, -0.05) is 67.0 Å². The molecule has 0 aromatic rings. The first-order chi connectivity index (χ1) is 14.6. The lowest BCUT2D eigenvalue weighted by atomic mass is 9.33. The summed E-state index contributed by atoms with van der Waals surface area (Å²) in [5.41, 5.74) is 3.17. The molecule has 2 nitrogen and oxygen atoms in total. The SMILES string of the molecule is CC1(C)CCC2(C)CCC3(C)C(=CCC4C5(C)CC(O)C(O)C(C)(C)C5CCC43C)C2C1. The zero-order valence-electron chi connectivity index (χ0n) is 22.2. The Morgan fingerprint density at radius 1 is 0.781 bits per heavy atom. The third kappa shape index (κ3) is 2.78. The van der Waals surface area contributed by atoms with E-state index >= 15 is 0 Å². The van der Waals surface area contributed by atoms with Crippen LogP contribution >= 0.6 is 0 Å². The molecule has 0 aliphatic heterocycles. The number of hydrogen-bond donors (Lipinski definition) is 2. The van der Waals surface area contributed by atoms with Gasteiger partial charge in [0.2, 0.25) is 0 Å². The second-order valence-electron chi connectivity index (χ2n) is 15.4. The summed E-state index contributed by atoms with van der Waals surface area (Å²) in [5.74, 6) is 1.81. The fourth-order valence-electron chi connectivity index (χ4n) is 10.7. The van der Waals surface area contributed by atoms with Crippen molar-refractivity contribution in [3.05, 3.63) is 11.6 Å². The fourth-order valence-corrected chi connectivity index (χ4v) is 10.7. The van der Waals surface area contributed by atoms with Crippen LogP contribution in [0.2, 0.25) is 0 Å². The monoisotopic (exact) mass is 442 g/mol.